The quantitative estimate of drug-likeness (QED) is 0.335. The van der Waals surface area contributed by atoms with Crippen molar-refractivity contribution in [3.05, 3.63) is 29.8 Å². The molecule has 0 amide bonds. The Balaban J connectivity index is 0.00000261. The van der Waals surface area contributed by atoms with E-state index in [1.54, 1.807) is 0 Å². The summed E-state index contributed by atoms with van der Waals surface area (Å²) in [7, 11) is 2.13. The van der Waals surface area contributed by atoms with Crippen molar-refractivity contribution in [1.29, 1.82) is 0 Å². The van der Waals surface area contributed by atoms with E-state index >= 15 is 0 Å². The Morgan fingerprint density at radius 3 is 2.85 bits per heavy atom. The zero-order valence-electron chi connectivity index (χ0n) is 16.4. The van der Waals surface area contributed by atoms with Crippen molar-refractivity contribution in [3.63, 3.8) is 0 Å². The standard InChI is InChI=1S/C20H32N4O2.HI/c1-3-21-20(23-13-18-14-24(2)10-11-25-18)22-12-17-6-4-5-7-19(17)26-15-16-8-9-16;/h4-7,16,18H,3,8-15H2,1-2H3,(H2,21,22,23);1H. The first-order valence-corrected chi connectivity index (χ1v) is 9.77. The number of nitrogens with one attached hydrogen (secondary N) is 2. The average Bonchev–Trinajstić information content (AvgIpc) is 3.47. The van der Waals surface area contributed by atoms with E-state index in [0.717, 1.165) is 62.6 Å². The first-order chi connectivity index (χ1) is 12.7. The summed E-state index contributed by atoms with van der Waals surface area (Å²) in [5.41, 5.74) is 1.12. The largest absolute Gasteiger partial charge is 0.493 e. The van der Waals surface area contributed by atoms with E-state index in [0.29, 0.717) is 6.54 Å². The third-order valence-electron chi connectivity index (χ3n) is 4.73. The molecular formula is C20H33IN4O2. The van der Waals surface area contributed by atoms with Gasteiger partial charge in [0.15, 0.2) is 5.96 Å². The van der Waals surface area contributed by atoms with Crippen LogP contribution in [0.15, 0.2) is 29.3 Å². The van der Waals surface area contributed by atoms with E-state index in [2.05, 4.69) is 35.6 Å². The highest BCUT2D eigenvalue weighted by Gasteiger charge is 2.22. The van der Waals surface area contributed by atoms with E-state index in [9.17, 15) is 0 Å². The van der Waals surface area contributed by atoms with Gasteiger partial charge in [-0.1, -0.05) is 18.2 Å². The van der Waals surface area contributed by atoms with E-state index in [1.807, 2.05) is 18.2 Å². The lowest BCUT2D eigenvalue weighted by atomic mass is 10.2. The van der Waals surface area contributed by atoms with Gasteiger partial charge < -0.3 is 25.0 Å². The number of aliphatic imine (C=N–C) groups is 1. The predicted molar refractivity (Wildman–Crippen MR) is 120 cm³/mol. The van der Waals surface area contributed by atoms with Crippen LogP contribution in [0.1, 0.15) is 25.3 Å². The number of para-hydroxylation sites is 1. The van der Waals surface area contributed by atoms with Crippen LogP contribution in [-0.2, 0) is 11.3 Å². The molecule has 1 aromatic carbocycles. The summed E-state index contributed by atoms with van der Waals surface area (Å²) >= 11 is 0. The summed E-state index contributed by atoms with van der Waals surface area (Å²) in [5, 5.41) is 6.72. The molecule has 27 heavy (non-hydrogen) atoms. The molecule has 1 atom stereocenters. The summed E-state index contributed by atoms with van der Waals surface area (Å²) in [6, 6.07) is 8.20. The van der Waals surface area contributed by atoms with E-state index in [1.165, 1.54) is 12.8 Å². The summed E-state index contributed by atoms with van der Waals surface area (Å²) in [4.78, 5) is 7.03. The fourth-order valence-corrected chi connectivity index (χ4v) is 2.97. The average molecular weight is 488 g/mol. The van der Waals surface area contributed by atoms with Crippen molar-refractivity contribution in [1.82, 2.24) is 15.5 Å². The van der Waals surface area contributed by atoms with Gasteiger partial charge in [0, 0.05) is 31.7 Å². The molecule has 1 saturated heterocycles. The molecule has 2 aliphatic rings. The first-order valence-electron chi connectivity index (χ1n) is 9.77. The van der Waals surface area contributed by atoms with Crippen molar-refractivity contribution in [2.45, 2.75) is 32.4 Å². The minimum absolute atomic E-state index is 0. The fourth-order valence-electron chi connectivity index (χ4n) is 2.97. The van der Waals surface area contributed by atoms with Crippen LogP contribution in [0, 0.1) is 5.92 Å². The van der Waals surface area contributed by atoms with Crippen molar-refractivity contribution in [3.8, 4) is 5.75 Å². The van der Waals surface area contributed by atoms with E-state index in [-0.39, 0.29) is 30.1 Å². The zero-order chi connectivity index (χ0) is 18.2. The number of guanidine groups is 1. The Morgan fingerprint density at radius 1 is 1.30 bits per heavy atom. The van der Waals surface area contributed by atoms with Gasteiger partial charge in [-0.05, 0) is 38.8 Å². The second kappa shape index (κ2) is 11.7. The normalized spacial score (nSPS) is 20.7. The number of benzene rings is 1. The molecular weight excluding hydrogens is 455 g/mol. The Hall–Kier alpha value is -1.06. The molecule has 0 radical (unpaired) electrons. The summed E-state index contributed by atoms with van der Waals surface area (Å²) in [5.74, 6) is 2.52. The smallest absolute Gasteiger partial charge is 0.191 e. The lowest BCUT2D eigenvalue weighted by molar-refractivity contribution is -0.0161. The number of likely N-dealkylation sites (N-methyl/N-ethyl adjacent to an activating group) is 1. The number of hydrogen-bond donors (Lipinski definition) is 2. The molecule has 1 saturated carbocycles. The molecule has 2 fully saturated rings. The highest BCUT2D eigenvalue weighted by Crippen LogP contribution is 2.30. The molecule has 1 aromatic rings. The molecule has 7 heteroatoms. The van der Waals surface area contributed by atoms with Crippen LogP contribution in [0.2, 0.25) is 0 Å². The molecule has 152 valence electrons. The lowest BCUT2D eigenvalue weighted by Crippen LogP contribution is -2.48. The van der Waals surface area contributed by atoms with Gasteiger partial charge in [0.2, 0.25) is 0 Å². The van der Waals surface area contributed by atoms with Crippen LogP contribution < -0.4 is 15.4 Å². The molecule has 0 spiro atoms. The molecule has 0 bridgehead atoms. The van der Waals surface area contributed by atoms with Gasteiger partial charge in [0.05, 0.1) is 25.9 Å². The molecule has 3 rings (SSSR count). The van der Waals surface area contributed by atoms with Crippen LogP contribution >= 0.6 is 24.0 Å². The van der Waals surface area contributed by atoms with Crippen LogP contribution in [0.5, 0.6) is 5.75 Å². The highest BCUT2D eigenvalue weighted by atomic mass is 127. The van der Waals surface area contributed by atoms with Crippen LogP contribution in [0.25, 0.3) is 0 Å². The van der Waals surface area contributed by atoms with Gasteiger partial charge in [0.25, 0.3) is 0 Å². The van der Waals surface area contributed by atoms with Crippen molar-refractivity contribution >= 4 is 29.9 Å². The Labute approximate surface area is 180 Å². The molecule has 1 unspecified atom stereocenters. The number of nitrogens with zero attached hydrogens (tertiary/aromatic N) is 2. The fraction of sp³-hybridized carbons (Fsp3) is 0.650. The number of halogens is 1. The molecule has 0 aromatic heterocycles. The van der Waals surface area contributed by atoms with E-state index < -0.39 is 0 Å². The topological polar surface area (TPSA) is 58.1 Å². The van der Waals surface area contributed by atoms with Crippen LogP contribution in [0.3, 0.4) is 0 Å². The number of rotatable bonds is 8. The van der Waals surface area contributed by atoms with Crippen LogP contribution in [-0.4, -0.2) is 63.4 Å². The van der Waals surface area contributed by atoms with Crippen molar-refractivity contribution in [2.75, 3.05) is 46.4 Å². The molecule has 2 N–H and O–H groups in total. The van der Waals surface area contributed by atoms with E-state index in [4.69, 9.17) is 14.5 Å². The predicted octanol–water partition coefficient (Wildman–Crippen LogP) is 2.48. The third kappa shape index (κ3) is 7.83. The third-order valence-corrected chi connectivity index (χ3v) is 4.73. The molecule has 1 aliphatic heterocycles. The van der Waals surface area contributed by atoms with Crippen molar-refractivity contribution in [2.24, 2.45) is 10.9 Å². The number of ether oxygens (including phenoxy) is 2. The Bertz CT molecular complexity index is 595. The van der Waals surface area contributed by atoms with Gasteiger partial charge in [-0.2, -0.15) is 0 Å². The summed E-state index contributed by atoms with van der Waals surface area (Å²) in [6.45, 7) is 7.84. The second-order valence-electron chi connectivity index (χ2n) is 7.19. The maximum Gasteiger partial charge on any atom is 0.191 e. The van der Waals surface area contributed by atoms with Gasteiger partial charge in [-0.3, -0.25) is 0 Å². The maximum atomic E-state index is 5.98. The van der Waals surface area contributed by atoms with Crippen LogP contribution in [0.4, 0.5) is 0 Å². The van der Waals surface area contributed by atoms with Crippen molar-refractivity contribution < 1.29 is 9.47 Å². The highest BCUT2D eigenvalue weighted by molar-refractivity contribution is 14.0. The zero-order valence-corrected chi connectivity index (χ0v) is 18.8. The SMILES string of the molecule is CCNC(=NCc1ccccc1OCC1CC1)NCC1CN(C)CCO1.I. The number of hydrogen-bond acceptors (Lipinski definition) is 4. The number of morpholine rings is 1. The maximum absolute atomic E-state index is 5.98. The lowest BCUT2D eigenvalue weighted by Gasteiger charge is -2.30. The Kier molecular flexibility index (Phi) is 9.64. The van der Waals surface area contributed by atoms with Gasteiger partial charge >= 0.3 is 0 Å². The molecule has 1 heterocycles. The van der Waals surface area contributed by atoms with Gasteiger partial charge in [-0.25, -0.2) is 4.99 Å². The first kappa shape index (κ1) is 22.2. The Morgan fingerprint density at radius 2 is 2.11 bits per heavy atom. The minimum Gasteiger partial charge on any atom is -0.493 e. The molecule has 6 nitrogen and oxygen atoms in total. The minimum atomic E-state index is 0. The monoisotopic (exact) mass is 488 g/mol. The summed E-state index contributed by atoms with van der Waals surface area (Å²) < 4.78 is 11.8. The van der Waals surface area contributed by atoms with Gasteiger partial charge in [-0.15, -0.1) is 24.0 Å². The second-order valence-corrected chi connectivity index (χ2v) is 7.19. The molecule has 1 aliphatic carbocycles. The van der Waals surface area contributed by atoms with Gasteiger partial charge in [0.1, 0.15) is 5.75 Å². The summed E-state index contributed by atoms with van der Waals surface area (Å²) in [6.07, 6.45) is 2.80.